The maximum Gasteiger partial charge on any atom is 0.251 e. The van der Waals surface area contributed by atoms with Crippen LogP contribution in [0, 0.1) is 0 Å². The van der Waals surface area contributed by atoms with Gasteiger partial charge < -0.3 is 14.7 Å². The second kappa shape index (κ2) is 4.07. The van der Waals surface area contributed by atoms with Gasteiger partial charge in [0.1, 0.15) is 5.60 Å². The number of hydrogen-bond donors (Lipinski definition) is 3. The third-order valence-corrected chi connectivity index (χ3v) is 2.28. The second-order valence-electron chi connectivity index (χ2n) is 2.67. The van der Waals surface area contributed by atoms with Crippen LogP contribution >= 0.6 is 17.9 Å². The first-order valence-electron chi connectivity index (χ1n) is 3.17. The zero-order valence-corrected chi connectivity index (χ0v) is 9.67. The standard InChI is InChI=1S/C5H12NO3PS2/c1-5(2,4(7)6-3)9-10(8,11)12/h1-3H3,(H,6,7)(H2,8,11,12). The van der Waals surface area contributed by atoms with E-state index in [-0.39, 0.29) is 5.91 Å². The van der Waals surface area contributed by atoms with Crippen molar-refractivity contribution in [2.24, 2.45) is 0 Å². The van der Waals surface area contributed by atoms with Crippen LogP contribution in [0.5, 0.6) is 0 Å². The van der Waals surface area contributed by atoms with Crippen LogP contribution in [0.1, 0.15) is 13.8 Å². The number of rotatable bonds is 3. The summed E-state index contributed by atoms with van der Waals surface area (Å²) in [5, 5.41) is 2.39. The minimum atomic E-state index is -3.09. The Morgan fingerprint density at radius 2 is 2.17 bits per heavy atom. The van der Waals surface area contributed by atoms with Crippen LogP contribution < -0.4 is 5.32 Å². The molecule has 0 bridgehead atoms. The summed E-state index contributed by atoms with van der Waals surface area (Å²) >= 11 is 8.19. The molecule has 1 unspecified atom stereocenters. The third-order valence-electron chi connectivity index (χ3n) is 1.12. The molecular formula is C5H12NO3PS2. The molecule has 1 amide bonds. The maximum absolute atomic E-state index is 11.1. The van der Waals surface area contributed by atoms with Crippen molar-refractivity contribution < 1.29 is 14.2 Å². The average Bonchev–Trinajstić information content (AvgIpc) is 1.80. The van der Waals surface area contributed by atoms with E-state index in [1.54, 1.807) is 0 Å². The molecule has 0 aromatic carbocycles. The fourth-order valence-corrected chi connectivity index (χ4v) is 2.49. The van der Waals surface area contributed by atoms with Crippen LogP contribution in [-0.4, -0.2) is 23.4 Å². The zero-order chi connectivity index (χ0) is 9.99. The van der Waals surface area contributed by atoms with Gasteiger partial charge in [-0.1, -0.05) is 12.2 Å². The van der Waals surface area contributed by atoms with Crippen molar-refractivity contribution in [2.45, 2.75) is 19.4 Å². The van der Waals surface area contributed by atoms with Gasteiger partial charge in [-0.3, -0.25) is 4.79 Å². The Morgan fingerprint density at radius 1 is 1.75 bits per heavy atom. The average molecular weight is 229 g/mol. The Balaban J connectivity index is 4.43. The summed E-state index contributed by atoms with van der Waals surface area (Å²) in [6.07, 6.45) is 0. The Labute approximate surface area is 82.0 Å². The molecule has 0 spiro atoms. The number of likely N-dealkylation sites (N-methyl/N-ethyl adjacent to an activating group) is 1. The largest absolute Gasteiger partial charge is 0.357 e. The van der Waals surface area contributed by atoms with Gasteiger partial charge in [0.15, 0.2) is 0 Å². The van der Waals surface area contributed by atoms with Gasteiger partial charge in [0.25, 0.3) is 5.91 Å². The van der Waals surface area contributed by atoms with E-state index in [0.29, 0.717) is 0 Å². The molecule has 2 N–H and O–H groups in total. The van der Waals surface area contributed by atoms with Crippen molar-refractivity contribution >= 4 is 35.7 Å². The lowest BCUT2D eigenvalue weighted by atomic mass is 10.1. The van der Waals surface area contributed by atoms with Crippen LogP contribution in [0.25, 0.3) is 0 Å². The molecule has 0 saturated heterocycles. The van der Waals surface area contributed by atoms with Gasteiger partial charge in [0, 0.05) is 7.05 Å². The number of carbonyl (C=O) groups excluding carboxylic acids is 1. The summed E-state index contributed by atoms with van der Waals surface area (Å²) in [5.74, 6) is -0.347. The summed E-state index contributed by atoms with van der Waals surface area (Å²) in [5.41, 5.74) is -4.23. The van der Waals surface area contributed by atoms with Gasteiger partial charge in [-0.25, -0.2) is 0 Å². The second-order valence-corrected chi connectivity index (χ2v) is 7.76. The van der Waals surface area contributed by atoms with E-state index in [9.17, 15) is 4.79 Å². The molecule has 0 aliphatic heterocycles. The van der Waals surface area contributed by atoms with Crippen molar-refractivity contribution in [3.8, 4) is 0 Å². The van der Waals surface area contributed by atoms with Crippen molar-refractivity contribution in [1.82, 2.24) is 5.32 Å². The van der Waals surface area contributed by atoms with Gasteiger partial charge in [0.2, 0.25) is 5.69 Å². The van der Waals surface area contributed by atoms with Crippen molar-refractivity contribution in [3.05, 3.63) is 0 Å². The molecule has 72 valence electrons. The van der Waals surface area contributed by atoms with E-state index in [2.05, 4.69) is 29.4 Å². The Hall–Kier alpha value is 0.390. The SMILES string of the molecule is CNC(=O)C(C)(C)OP(O)(=S)S. The minimum Gasteiger partial charge on any atom is -0.357 e. The molecule has 0 aromatic rings. The highest BCUT2D eigenvalue weighted by molar-refractivity contribution is 8.59. The van der Waals surface area contributed by atoms with Crippen LogP contribution in [0.3, 0.4) is 0 Å². The normalized spacial score (nSPS) is 16.8. The number of nitrogens with one attached hydrogen (secondary N) is 1. The molecule has 0 aromatic heterocycles. The van der Waals surface area contributed by atoms with E-state index in [1.807, 2.05) is 0 Å². The quantitative estimate of drug-likeness (QED) is 0.492. The predicted octanol–water partition coefficient (Wildman–Crippen LogP) is 0.674. The molecule has 7 heteroatoms. The molecular weight excluding hydrogens is 217 g/mol. The van der Waals surface area contributed by atoms with Crippen molar-refractivity contribution in [1.29, 1.82) is 0 Å². The topological polar surface area (TPSA) is 58.6 Å². The van der Waals surface area contributed by atoms with Crippen molar-refractivity contribution in [3.63, 3.8) is 0 Å². The summed E-state index contributed by atoms with van der Waals surface area (Å²) in [6.45, 7) is 3.03. The van der Waals surface area contributed by atoms with Crippen LogP contribution in [0.4, 0.5) is 0 Å². The molecule has 0 aliphatic carbocycles. The lowest BCUT2D eigenvalue weighted by molar-refractivity contribution is -0.133. The van der Waals surface area contributed by atoms with Crippen LogP contribution in [-0.2, 0) is 21.1 Å². The Morgan fingerprint density at radius 3 is 2.42 bits per heavy atom. The van der Waals surface area contributed by atoms with E-state index < -0.39 is 11.3 Å². The van der Waals surface area contributed by atoms with Gasteiger partial charge in [0.05, 0.1) is 0 Å². The van der Waals surface area contributed by atoms with Crippen LogP contribution in [0.2, 0.25) is 0 Å². The third kappa shape index (κ3) is 4.42. The molecule has 1 atom stereocenters. The fraction of sp³-hybridized carbons (Fsp3) is 0.800. The number of amides is 1. The van der Waals surface area contributed by atoms with Gasteiger partial charge in [-0.05, 0) is 25.7 Å². The van der Waals surface area contributed by atoms with Crippen LogP contribution in [0.15, 0.2) is 0 Å². The maximum atomic E-state index is 11.1. The van der Waals surface area contributed by atoms with Gasteiger partial charge in [-0.15, -0.1) is 0 Å². The highest BCUT2D eigenvalue weighted by Crippen LogP contribution is 2.50. The molecule has 12 heavy (non-hydrogen) atoms. The van der Waals surface area contributed by atoms with Gasteiger partial charge in [-0.2, -0.15) is 0 Å². The number of carbonyl (C=O) groups is 1. The lowest BCUT2D eigenvalue weighted by Crippen LogP contribution is -2.41. The zero-order valence-electron chi connectivity index (χ0n) is 7.07. The van der Waals surface area contributed by atoms with E-state index in [0.717, 1.165) is 0 Å². The smallest absolute Gasteiger partial charge is 0.251 e. The Bertz CT molecular complexity index is 225. The highest BCUT2D eigenvalue weighted by Gasteiger charge is 2.32. The summed E-state index contributed by atoms with van der Waals surface area (Å²) < 4.78 is 4.91. The van der Waals surface area contributed by atoms with Crippen molar-refractivity contribution in [2.75, 3.05) is 7.05 Å². The predicted molar refractivity (Wildman–Crippen MR) is 54.7 cm³/mol. The first kappa shape index (κ1) is 12.4. The van der Waals surface area contributed by atoms with E-state index in [4.69, 9.17) is 9.42 Å². The summed E-state index contributed by atoms with van der Waals surface area (Å²) in [4.78, 5) is 20.2. The number of hydrogen-bond acceptors (Lipinski definition) is 3. The molecule has 0 heterocycles. The summed E-state index contributed by atoms with van der Waals surface area (Å²) in [7, 11) is 1.48. The highest BCUT2D eigenvalue weighted by atomic mass is 32.9. The first-order chi connectivity index (χ1) is 5.19. The summed E-state index contributed by atoms with van der Waals surface area (Å²) in [6, 6.07) is 0. The van der Waals surface area contributed by atoms with Gasteiger partial charge >= 0.3 is 0 Å². The van der Waals surface area contributed by atoms with E-state index in [1.165, 1.54) is 20.9 Å². The molecule has 4 nitrogen and oxygen atoms in total. The number of thiol groups is 1. The lowest BCUT2D eigenvalue weighted by Gasteiger charge is -2.25. The molecule has 0 fully saturated rings. The minimum absolute atomic E-state index is 0.347. The fourth-order valence-electron chi connectivity index (χ4n) is 0.640. The van der Waals surface area contributed by atoms with E-state index >= 15 is 0 Å². The molecule has 0 radical (unpaired) electrons. The Kier molecular flexibility index (Phi) is 4.20. The molecule has 0 aliphatic rings. The molecule has 0 rings (SSSR count). The first-order valence-corrected chi connectivity index (χ1v) is 7.00. The molecule has 0 saturated carbocycles. The monoisotopic (exact) mass is 229 g/mol.